The van der Waals surface area contributed by atoms with E-state index in [9.17, 15) is 4.79 Å². The van der Waals surface area contributed by atoms with Crippen molar-refractivity contribution >= 4 is 39.3 Å². The zero-order valence-corrected chi connectivity index (χ0v) is 14.8. The van der Waals surface area contributed by atoms with Crippen molar-refractivity contribution in [2.75, 3.05) is 25.6 Å². The lowest BCUT2D eigenvalue weighted by Crippen LogP contribution is -2.47. The fraction of sp³-hybridized carbons (Fsp3) is 0.312. The summed E-state index contributed by atoms with van der Waals surface area (Å²) in [6.07, 6.45) is 2.92. The largest absolute Gasteiger partial charge is 0.344 e. The Morgan fingerprint density at radius 2 is 1.90 bits per heavy atom. The number of aromatic nitrogens is 1. The lowest BCUT2D eigenvalue weighted by Gasteiger charge is -2.28. The lowest BCUT2D eigenvalue weighted by atomic mass is 9.94. The number of fused-ring (bicyclic) bond motifs is 3. The zero-order chi connectivity index (χ0) is 14.5. The van der Waals surface area contributed by atoms with Gasteiger partial charge >= 0.3 is 0 Å². The third kappa shape index (κ3) is 2.43. The zero-order valence-electron chi connectivity index (χ0n) is 12.7. The van der Waals surface area contributed by atoms with E-state index < -0.39 is 0 Å². The van der Waals surface area contributed by atoms with E-state index in [2.05, 4.69) is 66.6 Å². The van der Waals surface area contributed by atoms with Gasteiger partial charge in [0.05, 0.1) is 32.4 Å². The molecule has 5 heteroatoms. The molecule has 1 aliphatic carbocycles. The quantitative estimate of drug-likeness (QED) is 0.480. The van der Waals surface area contributed by atoms with E-state index in [1.807, 2.05) is 12.1 Å². The van der Waals surface area contributed by atoms with Crippen molar-refractivity contribution in [1.82, 2.24) is 15.4 Å². The number of halogens is 1. The molecular formula is C16H21IN3O+. The average molecular weight is 398 g/mol. The first kappa shape index (κ1) is 16.2. The molecule has 21 heavy (non-hydrogen) atoms. The summed E-state index contributed by atoms with van der Waals surface area (Å²) in [6, 6.07) is 8.22. The molecule has 1 aliphatic rings. The van der Waals surface area contributed by atoms with Gasteiger partial charge in [0.2, 0.25) is 0 Å². The smallest absolute Gasteiger partial charge is 0.192 e. The summed E-state index contributed by atoms with van der Waals surface area (Å²) in [5.41, 5.74) is 4.11. The van der Waals surface area contributed by atoms with E-state index in [-0.39, 0.29) is 11.9 Å². The van der Waals surface area contributed by atoms with Crippen LogP contribution in [-0.2, 0) is 6.42 Å². The summed E-state index contributed by atoms with van der Waals surface area (Å²) < 4.78 is 3.71. The molecule has 1 heterocycles. The van der Waals surface area contributed by atoms with Gasteiger partial charge < -0.3 is 6.15 Å². The Balaban J connectivity index is 0.00000161. The number of quaternary nitrogens is 1. The minimum Gasteiger partial charge on any atom is -0.344 e. The highest BCUT2D eigenvalue weighted by molar-refractivity contribution is 14.1. The summed E-state index contributed by atoms with van der Waals surface area (Å²) in [6.45, 7) is 0. The van der Waals surface area contributed by atoms with Crippen LogP contribution in [0, 0.1) is 0 Å². The summed E-state index contributed by atoms with van der Waals surface area (Å²) in [7, 11) is 6.40. The van der Waals surface area contributed by atoms with Crippen LogP contribution in [0.5, 0.6) is 0 Å². The molecule has 4 nitrogen and oxygen atoms in total. The molecule has 0 atom stereocenters. The van der Waals surface area contributed by atoms with Crippen molar-refractivity contribution < 1.29 is 4.79 Å². The topological polar surface area (TPSA) is 57.0 Å². The molecule has 112 valence electrons. The van der Waals surface area contributed by atoms with Gasteiger partial charge in [-0.3, -0.25) is 4.79 Å². The van der Waals surface area contributed by atoms with Gasteiger partial charge in [-0.25, -0.2) is 4.59 Å². The Hall–Kier alpha value is -1.18. The number of Topliss-reactive ketones (excluding diaryl/α,β-unsaturated/α-hetero) is 1. The molecular weight excluding hydrogens is 377 g/mol. The van der Waals surface area contributed by atoms with Crippen LogP contribution in [-0.4, -0.2) is 36.0 Å². The molecule has 0 spiro atoms. The molecule has 0 unspecified atom stereocenters. The van der Waals surface area contributed by atoms with Crippen molar-refractivity contribution in [2.45, 2.75) is 6.42 Å². The Morgan fingerprint density at radius 1 is 1.24 bits per heavy atom. The Kier molecular flexibility index (Phi) is 4.28. The Bertz CT molecular complexity index is 738. The number of hydrogen-bond donors (Lipinski definition) is 1. The predicted molar refractivity (Wildman–Crippen MR) is 97.3 cm³/mol. The third-order valence-corrected chi connectivity index (χ3v) is 4.57. The number of alkyl halides is 1. The van der Waals surface area contributed by atoms with Crippen molar-refractivity contribution in [3.05, 3.63) is 47.2 Å². The molecule has 2 aromatic rings. The van der Waals surface area contributed by atoms with Crippen LogP contribution in [0.25, 0.3) is 10.9 Å². The maximum absolute atomic E-state index is 12.7. The molecule has 0 saturated heterocycles. The summed E-state index contributed by atoms with van der Waals surface area (Å²) in [4.78, 5) is 12.7. The Morgan fingerprint density at radius 3 is 2.52 bits per heavy atom. The van der Waals surface area contributed by atoms with E-state index >= 15 is 0 Å². The van der Waals surface area contributed by atoms with Gasteiger partial charge in [0.1, 0.15) is 5.52 Å². The van der Waals surface area contributed by atoms with Crippen molar-refractivity contribution in [3.63, 3.8) is 0 Å². The highest BCUT2D eigenvalue weighted by Gasteiger charge is 2.31. The second kappa shape index (κ2) is 5.55. The van der Waals surface area contributed by atoms with Gasteiger partial charge in [0.15, 0.2) is 5.78 Å². The van der Waals surface area contributed by atoms with Crippen LogP contribution in [0.2, 0.25) is 0 Å². The molecule has 1 aromatic heterocycles. The van der Waals surface area contributed by atoms with Crippen molar-refractivity contribution in [2.24, 2.45) is 0 Å². The number of ketones is 1. The molecule has 0 fully saturated rings. The number of nitrogens with zero attached hydrogens (tertiary/aromatic N) is 2. The first-order chi connectivity index (χ1) is 9.45. The number of benzene rings is 1. The maximum Gasteiger partial charge on any atom is 0.192 e. The van der Waals surface area contributed by atoms with Crippen LogP contribution >= 0.6 is 22.6 Å². The SMILES string of the molecule is C[N+](C)(C)n1c2c(c3ccccc31)C(=O)C(CI)=CC2.N. The molecule has 0 amide bonds. The molecule has 0 aliphatic heterocycles. The highest BCUT2D eigenvalue weighted by atomic mass is 127. The summed E-state index contributed by atoms with van der Waals surface area (Å²) in [5, 5.41) is 1.08. The lowest BCUT2D eigenvalue weighted by molar-refractivity contribution is 0.103. The Labute approximate surface area is 138 Å². The highest BCUT2D eigenvalue weighted by Crippen LogP contribution is 2.33. The van der Waals surface area contributed by atoms with Crippen molar-refractivity contribution in [1.29, 1.82) is 0 Å². The summed E-state index contributed by atoms with van der Waals surface area (Å²) >= 11 is 2.27. The van der Waals surface area contributed by atoms with Gasteiger partial charge in [-0.15, -0.1) is 0 Å². The molecule has 0 bridgehead atoms. The van der Waals surface area contributed by atoms with Gasteiger partial charge in [-0.2, -0.15) is 4.68 Å². The minimum absolute atomic E-state index is 0. The minimum atomic E-state index is 0. The number of para-hydroxylation sites is 1. The van der Waals surface area contributed by atoms with E-state index in [1.165, 1.54) is 0 Å². The van der Waals surface area contributed by atoms with Crippen LogP contribution in [0.15, 0.2) is 35.9 Å². The van der Waals surface area contributed by atoms with E-state index in [1.54, 1.807) is 0 Å². The summed E-state index contributed by atoms with van der Waals surface area (Å²) in [5.74, 6) is 0.198. The van der Waals surface area contributed by atoms with Crippen LogP contribution in [0.4, 0.5) is 0 Å². The second-order valence-corrected chi connectivity index (χ2v) is 6.75. The number of allylic oxidation sites excluding steroid dienone is 2. The average Bonchev–Trinajstić information content (AvgIpc) is 2.73. The first-order valence-electron chi connectivity index (χ1n) is 6.69. The van der Waals surface area contributed by atoms with E-state index in [4.69, 9.17) is 0 Å². The number of hydrogen-bond acceptors (Lipinski definition) is 2. The van der Waals surface area contributed by atoms with Gasteiger partial charge in [0, 0.05) is 21.8 Å². The van der Waals surface area contributed by atoms with Gasteiger partial charge in [-0.1, -0.05) is 46.9 Å². The normalized spacial score (nSPS) is 14.7. The predicted octanol–water partition coefficient (Wildman–Crippen LogP) is 3.23. The second-order valence-electron chi connectivity index (χ2n) is 5.99. The maximum atomic E-state index is 12.7. The van der Waals surface area contributed by atoms with Crippen LogP contribution in [0.3, 0.4) is 0 Å². The molecule has 3 N–H and O–H groups in total. The third-order valence-electron chi connectivity index (χ3n) is 3.75. The van der Waals surface area contributed by atoms with Gasteiger partial charge in [-0.05, 0) is 6.07 Å². The number of carbonyl (C=O) groups is 1. The molecule has 0 radical (unpaired) electrons. The number of rotatable bonds is 2. The van der Waals surface area contributed by atoms with E-state index in [0.717, 1.165) is 38.6 Å². The standard InChI is InChI=1S/C16H18IN2O.H3N/c1-19(2,3)18-13-7-5-4-6-12(13)15-14(18)9-8-11(10-17)16(15)20;/h4-8H,9-10H2,1-3H3;1H3/q+1;. The molecule has 0 saturated carbocycles. The van der Waals surface area contributed by atoms with Crippen LogP contribution in [0.1, 0.15) is 16.1 Å². The number of carbonyl (C=O) groups excluding carboxylic acids is 1. The van der Waals surface area contributed by atoms with Crippen molar-refractivity contribution in [3.8, 4) is 0 Å². The fourth-order valence-electron chi connectivity index (χ4n) is 2.99. The van der Waals surface area contributed by atoms with Gasteiger partial charge in [0.25, 0.3) is 0 Å². The monoisotopic (exact) mass is 398 g/mol. The first-order valence-corrected chi connectivity index (χ1v) is 8.22. The molecule has 3 rings (SSSR count). The molecule has 1 aromatic carbocycles. The fourth-order valence-corrected chi connectivity index (χ4v) is 3.65. The van der Waals surface area contributed by atoms with Crippen LogP contribution < -0.4 is 10.7 Å². The van der Waals surface area contributed by atoms with E-state index in [0.29, 0.717) is 4.59 Å².